The Morgan fingerprint density at radius 2 is 1.69 bits per heavy atom. The first-order valence-corrected chi connectivity index (χ1v) is 10.3. The summed E-state index contributed by atoms with van der Waals surface area (Å²) in [7, 11) is -4.18. The summed E-state index contributed by atoms with van der Waals surface area (Å²) in [5, 5.41) is 10.8. The Morgan fingerprint density at radius 3 is 2.17 bits per heavy atom. The molecule has 2 rings (SSSR count). The Bertz CT molecular complexity index is 955. The Balaban J connectivity index is 2.43. The van der Waals surface area contributed by atoms with Gasteiger partial charge in [0.05, 0.1) is 28.2 Å². The van der Waals surface area contributed by atoms with Crippen LogP contribution in [-0.4, -0.2) is 38.6 Å². The minimum Gasteiger partial charge on any atom is -0.491 e. The minimum absolute atomic E-state index is 0.0553. The zero-order valence-corrected chi connectivity index (χ0v) is 17.1. The average Bonchev–Trinajstić information content (AvgIpc) is 2.66. The van der Waals surface area contributed by atoms with Crippen molar-refractivity contribution in [2.75, 3.05) is 17.5 Å². The molecule has 2 aromatic carbocycles. The molecule has 0 aliphatic heterocycles. The number of rotatable bonds is 9. The lowest BCUT2D eigenvalue weighted by atomic mass is 10.3. The summed E-state index contributed by atoms with van der Waals surface area (Å²) in [5.74, 6) is -0.173. The first-order chi connectivity index (χ1) is 13.6. The van der Waals surface area contributed by atoms with Crippen molar-refractivity contribution in [1.82, 2.24) is 0 Å². The molecule has 0 aromatic heterocycles. The Labute approximate surface area is 169 Å². The van der Waals surface area contributed by atoms with Crippen LogP contribution in [0.4, 0.5) is 11.4 Å². The summed E-state index contributed by atoms with van der Waals surface area (Å²) in [5.41, 5.74) is -0.0106. The Morgan fingerprint density at radius 1 is 1.10 bits per heavy atom. The van der Waals surface area contributed by atoms with Crippen LogP contribution in [0.2, 0.25) is 0 Å². The molecule has 0 aliphatic carbocycles. The van der Waals surface area contributed by atoms with Crippen LogP contribution in [0.3, 0.4) is 0 Å². The van der Waals surface area contributed by atoms with E-state index in [0.29, 0.717) is 5.75 Å². The van der Waals surface area contributed by atoms with Crippen molar-refractivity contribution in [1.29, 1.82) is 0 Å². The molecular weight excluding hydrogens is 400 g/mol. The van der Waals surface area contributed by atoms with E-state index in [2.05, 4.69) is 0 Å². The van der Waals surface area contributed by atoms with E-state index in [1.807, 2.05) is 13.8 Å². The van der Waals surface area contributed by atoms with Crippen molar-refractivity contribution >= 4 is 27.4 Å². The van der Waals surface area contributed by atoms with E-state index >= 15 is 0 Å². The van der Waals surface area contributed by atoms with Gasteiger partial charge < -0.3 is 9.47 Å². The maximum absolute atomic E-state index is 13.1. The summed E-state index contributed by atoms with van der Waals surface area (Å²) in [6.07, 6.45) is -0.0553. The fraction of sp³-hybridized carbons (Fsp3) is 0.316. The van der Waals surface area contributed by atoms with Crippen LogP contribution >= 0.6 is 0 Å². The van der Waals surface area contributed by atoms with Gasteiger partial charge in [0, 0.05) is 12.1 Å². The standard InChI is InChI=1S/C19H22N2O7S/c1-4-27-19(22)13-20(15-5-9-17(10-6-15)28-14(2)3)29(25,26)18-11-7-16(8-12-18)21(23)24/h5-12,14H,4,13H2,1-3H3. The fourth-order valence-corrected chi connectivity index (χ4v) is 3.88. The highest BCUT2D eigenvalue weighted by Crippen LogP contribution is 2.27. The molecule has 0 heterocycles. The van der Waals surface area contributed by atoms with E-state index in [9.17, 15) is 23.3 Å². The first kappa shape index (κ1) is 22.2. The highest BCUT2D eigenvalue weighted by Gasteiger charge is 2.28. The molecule has 0 unspecified atom stereocenters. The molecule has 0 radical (unpaired) electrons. The predicted octanol–water partition coefficient (Wildman–Crippen LogP) is 3.14. The maximum Gasteiger partial charge on any atom is 0.326 e. The Kier molecular flexibility index (Phi) is 7.16. The number of nitrogens with zero attached hydrogens (tertiary/aromatic N) is 2. The number of ether oxygens (including phenoxy) is 2. The summed E-state index contributed by atoms with van der Waals surface area (Å²) in [6.45, 7) is 4.90. The van der Waals surface area contributed by atoms with E-state index in [0.717, 1.165) is 28.6 Å². The van der Waals surface area contributed by atoms with Crippen molar-refractivity contribution in [3.8, 4) is 5.75 Å². The van der Waals surface area contributed by atoms with Gasteiger partial charge in [-0.2, -0.15) is 0 Å². The molecule has 0 saturated heterocycles. The second-order valence-electron chi connectivity index (χ2n) is 6.23. The number of esters is 1. The summed E-state index contributed by atoms with van der Waals surface area (Å²) >= 11 is 0. The number of hydrogen-bond donors (Lipinski definition) is 0. The van der Waals surface area contributed by atoms with Crippen LogP contribution in [0.5, 0.6) is 5.75 Å². The SMILES string of the molecule is CCOC(=O)CN(c1ccc(OC(C)C)cc1)S(=O)(=O)c1ccc([N+](=O)[O-])cc1. The lowest BCUT2D eigenvalue weighted by Crippen LogP contribution is -2.36. The molecule has 156 valence electrons. The second kappa shape index (κ2) is 9.37. The van der Waals surface area contributed by atoms with Gasteiger partial charge in [-0.3, -0.25) is 19.2 Å². The number of nitro groups is 1. The summed E-state index contributed by atoms with van der Waals surface area (Å²) in [6, 6.07) is 10.7. The molecule has 9 nitrogen and oxygen atoms in total. The van der Waals surface area contributed by atoms with Gasteiger partial charge in [-0.25, -0.2) is 8.42 Å². The van der Waals surface area contributed by atoms with Crippen molar-refractivity contribution in [3.63, 3.8) is 0 Å². The molecule has 2 aromatic rings. The van der Waals surface area contributed by atoms with E-state index in [4.69, 9.17) is 9.47 Å². The smallest absolute Gasteiger partial charge is 0.326 e. The molecule has 0 fully saturated rings. The number of hydrogen-bond acceptors (Lipinski definition) is 7. The lowest BCUT2D eigenvalue weighted by molar-refractivity contribution is -0.384. The number of benzene rings is 2. The molecule has 0 N–H and O–H groups in total. The van der Waals surface area contributed by atoms with Gasteiger partial charge in [0.2, 0.25) is 0 Å². The van der Waals surface area contributed by atoms with Crippen LogP contribution in [0.1, 0.15) is 20.8 Å². The number of non-ortho nitro benzene ring substituents is 1. The number of sulfonamides is 1. The largest absolute Gasteiger partial charge is 0.491 e. The lowest BCUT2D eigenvalue weighted by Gasteiger charge is -2.24. The molecule has 29 heavy (non-hydrogen) atoms. The van der Waals surface area contributed by atoms with Crippen molar-refractivity contribution in [2.24, 2.45) is 0 Å². The topological polar surface area (TPSA) is 116 Å². The number of nitro benzene ring substituents is 1. The van der Waals surface area contributed by atoms with Crippen LogP contribution in [0, 0.1) is 10.1 Å². The maximum atomic E-state index is 13.1. The van der Waals surface area contributed by atoms with Gasteiger partial charge in [-0.1, -0.05) is 0 Å². The monoisotopic (exact) mass is 422 g/mol. The third kappa shape index (κ3) is 5.67. The second-order valence-corrected chi connectivity index (χ2v) is 8.09. The van der Waals surface area contributed by atoms with Gasteiger partial charge in [-0.05, 0) is 57.2 Å². The van der Waals surface area contributed by atoms with Gasteiger partial charge in [0.25, 0.3) is 15.7 Å². The molecule has 0 atom stereocenters. The van der Waals surface area contributed by atoms with Crippen molar-refractivity contribution in [2.45, 2.75) is 31.8 Å². The van der Waals surface area contributed by atoms with Gasteiger partial charge >= 0.3 is 5.97 Å². The number of carbonyl (C=O) groups excluding carboxylic acids is 1. The van der Waals surface area contributed by atoms with E-state index < -0.39 is 27.5 Å². The average molecular weight is 422 g/mol. The fourth-order valence-electron chi connectivity index (χ4n) is 2.47. The molecule has 0 saturated carbocycles. The normalized spacial score (nSPS) is 11.2. The third-order valence-electron chi connectivity index (χ3n) is 3.71. The summed E-state index contributed by atoms with van der Waals surface area (Å²) < 4.78 is 37.6. The van der Waals surface area contributed by atoms with E-state index in [-0.39, 0.29) is 29.0 Å². The van der Waals surface area contributed by atoms with E-state index in [1.54, 1.807) is 19.1 Å². The highest BCUT2D eigenvalue weighted by atomic mass is 32.2. The van der Waals surface area contributed by atoms with Crippen molar-refractivity contribution in [3.05, 3.63) is 58.6 Å². The minimum atomic E-state index is -4.18. The number of carbonyl (C=O) groups is 1. The molecule has 0 bridgehead atoms. The number of anilines is 1. The van der Waals surface area contributed by atoms with E-state index in [1.165, 1.54) is 12.1 Å². The molecule has 0 spiro atoms. The zero-order chi connectivity index (χ0) is 21.6. The van der Waals surface area contributed by atoms with Gasteiger partial charge in [0.15, 0.2) is 0 Å². The highest BCUT2D eigenvalue weighted by molar-refractivity contribution is 7.92. The van der Waals surface area contributed by atoms with Crippen LogP contribution in [-0.2, 0) is 19.6 Å². The third-order valence-corrected chi connectivity index (χ3v) is 5.50. The molecule has 0 aliphatic rings. The van der Waals surface area contributed by atoms with Crippen LogP contribution in [0.25, 0.3) is 0 Å². The quantitative estimate of drug-likeness (QED) is 0.346. The molecule has 0 amide bonds. The van der Waals surface area contributed by atoms with Crippen molar-refractivity contribution < 1.29 is 27.6 Å². The first-order valence-electron chi connectivity index (χ1n) is 8.84. The van der Waals surface area contributed by atoms with Gasteiger partial charge in [-0.15, -0.1) is 0 Å². The van der Waals surface area contributed by atoms with Crippen LogP contribution < -0.4 is 9.04 Å². The molecular formula is C19H22N2O7S. The predicted molar refractivity (Wildman–Crippen MR) is 106 cm³/mol. The Hall–Kier alpha value is -3.14. The van der Waals surface area contributed by atoms with Crippen LogP contribution in [0.15, 0.2) is 53.4 Å². The van der Waals surface area contributed by atoms with Gasteiger partial charge in [0.1, 0.15) is 12.3 Å². The summed E-state index contributed by atoms with van der Waals surface area (Å²) in [4.78, 5) is 22.0. The zero-order valence-electron chi connectivity index (χ0n) is 16.3. The molecule has 10 heteroatoms.